The molecule has 0 fully saturated rings. The van der Waals surface area contributed by atoms with Crippen LogP contribution in [0.2, 0.25) is 0 Å². The van der Waals surface area contributed by atoms with Gasteiger partial charge in [0.25, 0.3) is 5.56 Å². The monoisotopic (exact) mass is 481 g/mol. The number of aromatic amines is 1. The van der Waals surface area contributed by atoms with E-state index in [1.54, 1.807) is 17.6 Å². The van der Waals surface area contributed by atoms with E-state index in [1.165, 1.54) is 25.6 Å². The van der Waals surface area contributed by atoms with Crippen LogP contribution in [0.3, 0.4) is 0 Å². The van der Waals surface area contributed by atoms with E-state index in [1.807, 2.05) is 0 Å². The highest BCUT2D eigenvalue weighted by Gasteiger charge is 2.15. The molecule has 3 N–H and O–H groups in total. The number of ketones is 1. The maximum atomic E-state index is 13.9. The van der Waals surface area contributed by atoms with E-state index in [-0.39, 0.29) is 49.2 Å². The van der Waals surface area contributed by atoms with Crippen LogP contribution in [0, 0.1) is 5.82 Å². The molecule has 0 saturated heterocycles. The Kier molecular flexibility index (Phi) is 8.84. The first-order valence-corrected chi connectivity index (χ1v) is 11.4. The molecule has 0 aliphatic carbocycles. The van der Waals surface area contributed by atoms with Gasteiger partial charge < -0.3 is 28.8 Å². The Morgan fingerprint density at radius 3 is 2.88 bits per heavy atom. The first kappa shape index (κ1) is 24.7. The second-order valence-corrected chi connectivity index (χ2v) is 8.28. The average molecular weight is 481 g/mol. The minimum absolute atomic E-state index is 0.00366. The van der Waals surface area contributed by atoms with Crippen LogP contribution in [0.5, 0.6) is 5.75 Å². The van der Waals surface area contributed by atoms with Crippen LogP contribution in [-0.2, 0) is 31.7 Å². The SMILES string of the molecule is CCC(=O)COP(COCCn1cnc2c(=O)[nH]c(N)nc21)OCc1ccc(OC)c(F)c1. The maximum absolute atomic E-state index is 13.9. The molecule has 0 bridgehead atoms. The van der Waals surface area contributed by atoms with E-state index in [4.69, 9.17) is 24.3 Å². The molecular weight excluding hydrogens is 456 g/mol. The highest BCUT2D eigenvalue weighted by atomic mass is 31.2. The van der Waals surface area contributed by atoms with Crippen molar-refractivity contribution in [1.82, 2.24) is 19.5 Å². The second kappa shape index (κ2) is 11.8. The number of H-pyrrole nitrogens is 1. The number of aromatic nitrogens is 4. The van der Waals surface area contributed by atoms with Gasteiger partial charge in [0.15, 0.2) is 36.9 Å². The first-order valence-electron chi connectivity index (χ1n) is 10.1. The molecule has 1 aromatic carbocycles. The number of Topliss-reactive ketones (excluding diaryl/α,β-unsaturated/α-hetero) is 1. The number of hydrogen-bond donors (Lipinski definition) is 2. The lowest BCUT2D eigenvalue weighted by molar-refractivity contribution is -0.120. The van der Waals surface area contributed by atoms with Crippen molar-refractivity contribution in [2.24, 2.45) is 0 Å². The fourth-order valence-electron chi connectivity index (χ4n) is 2.74. The van der Waals surface area contributed by atoms with Crippen LogP contribution in [0.4, 0.5) is 10.3 Å². The van der Waals surface area contributed by atoms with Crippen LogP contribution in [0.15, 0.2) is 29.3 Å². The van der Waals surface area contributed by atoms with Gasteiger partial charge in [0, 0.05) is 13.0 Å². The molecule has 2 heterocycles. The normalized spacial score (nSPS) is 12.2. The summed E-state index contributed by atoms with van der Waals surface area (Å²) in [6.07, 6.45) is 1.91. The molecule has 0 saturated carbocycles. The lowest BCUT2D eigenvalue weighted by Crippen LogP contribution is -2.13. The van der Waals surface area contributed by atoms with Gasteiger partial charge >= 0.3 is 0 Å². The van der Waals surface area contributed by atoms with Gasteiger partial charge in [0.2, 0.25) is 5.95 Å². The molecule has 3 rings (SSSR count). The highest BCUT2D eigenvalue weighted by Crippen LogP contribution is 2.39. The molecule has 0 aliphatic rings. The summed E-state index contributed by atoms with van der Waals surface area (Å²) in [5.41, 5.74) is 6.30. The Morgan fingerprint density at radius 2 is 2.15 bits per heavy atom. The molecule has 178 valence electrons. The van der Waals surface area contributed by atoms with Crippen LogP contribution in [-0.4, -0.2) is 52.0 Å². The van der Waals surface area contributed by atoms with Crippen LogP contribution in [0.25, 0.3) is 11.2 Å². The van der Waals surface area contributed by atoms with E-state index in [0.29, 0.717) is 24.2 Å². The number of imidazole rings is 1. The molecule has 3 aromatic rings. The third kappa shape index (κ3) is 6.78. The number of methoxy groups -OCH3 is 1. The summed E-state index contributed by atoms with van der Waals surface area (Å²) in [6.45, 7) is 2.32. The predicted octanol–water partition coefficient (Wildman–Crippen LogP) is 2.35. The van der Waals surface area contributed by atoms with Crippen LogP contribution < -0.4 is 16.0 Å². The van der Waals surface area contributed by atoms with Gasteiger partial charge in [-0.25, -0.2) is 9.37 Å². The van der Waals surface area contributed by atoms with Crippen LogP contribution >= 0.6 is 8.38 Å². The third-order valence-electron chi connectivity index (χ3n) is 4.52. The third-order valence-corrected chi connectivity index (χ3v) is 5.75. The van der Waals surface area contributed by atoms with E-state index in [0.717, 1.165) is 0 Å². The number of nitrogens with one attached hydrogen (secondary N) is 1. The standard InChI is InChI=1S/C20H25FN5O6P/c1-3-14(27)10-32-33(31-9-13-4-5-16(29-2)15(21)8-13)12-30-7-6-26-11-23-17-18(26)24-20(22)25-19(17)28/h4-5,8,11H,3,6-7,9-10,12H2,1-2H3,(H3,22,24,25,28). The number of halogens is 1. The highest BCUT2D eigenvalue weighted by molar-refractivity contribution is 7.47. The number of hydrogen-bond acceptors (Lipinski definition) is 9. The Labute approximate surface area is 189 Å². The number of nitrogen functional groups attached to an aromatic ring is 1. The molecule has 1 atom stereocenters. The van der Waals surface area contributed by atoms with E-state index in [9.17, 15) is 14.0 Å². The molecule has 33 heavy (non-hydrogen) atoms. The summed E-state index contributed by atoms with van der Waals surface area (Å²) in [7, 11) is -0.181. The van der Waals surface area contributed by atoms with Crippen molar-refractivity contribution in [1.29, 1.82) is 0 Å². The molecule has 11 nitrogen and oxygen atoms in total. The summed E-state index contributed by atoms with van der Waals surface area (Å²) < 4.78 is 37.5. The quantitative estimate of drug-likeness (QED) is 0.278. The van der Waals surface area contributed by atoms with E-state index >= 15 is 0 Å². The summed E-state index contributed by atoms with van der Waals surface area (Å²) in [4.78, 5) is 34.0. The zero-order chi connectivity index (χ0) is 23.8. The lowest BCUT2D eigenvalue weighted by atomic mass is 10.2. The first-order chi connectivity index (χ1) is 15.9. The van der Waals surface area contributed by atoms with Gasteiger partial charge in [-0.3, -0.25) is 14.6 Å². The molecule has 0 spiro atoms. The van der Waals surface area contributed by atoms with Crippen molar-refractivity contribution in [3.05, 3.63) is 46.3 Å². The minimum Gasteiger partial charge on any atom is -0.494 e. The molecule has 0 amide bonds. The van der Waals surface area contributed by atoms with Gasteiger partial charge in [-0.1, -0.05) is 13.0 Å². The maximum Gasteiger partial charge on any atom is 0.280 e. The van der Waals surface area contributed by atoms with Gasteiger partial charge in [0.05, 0.1) is 26.7 Å². The summed E-state index contributed by atoms with van der Waals surface area (Å²) in [6, 6.07) is 4.50. The second-order valence-electron chi connectivity index (χ2n) is 6.84. The van der Waals surface area contributed by atoms with Crippen molar-refractivity contribution in [2.75, 3.05) is 32.4 Å². The molecule has 1 unspecified atom stereocenters. The number of carbonyl (C=O) groups excluding carboxylic acids is 1. The van der Waals surface area contributed by atoms with Gasteiger partial charge in [-0.05, 0) is 17.7 Å². The van der Waals surface area contributed by atoms with Gasteiger partial charge in [-0.15, -0.1) is 0 Å². The Morgan fingerprint density at radius 1 is 1.33 bits per heavy atom. The molecule has 0 aliphatic heterocycles. The summed E-state index contributed by atoms with van der Waals surface area (Å²) in [5, 5.41) is 0. The zero-order valence-corrected chi connectivity index (χ0v) is 19.1. The molecule has 13 heteroatoms. The van der Waals surface area contributed by atoms with E-state index < -0.39 is 19.8 Å². The molecular formula is C20H25FN5O6P. The minimum atomic E-state index is -1.57. The van der Waals surface area contributed by atoms with Crippen LogP contribution in [0.1, 0.15) is 18.9 Å². The largest absolute Gasteiger partial charge is 0.494 e. The number of benzene rings is 1. The van der Waals surface area contributed by atoms with Crippen molar-refractivity contribution < 1.29 is 27.7 Å². The number of nitrogens with two attached hydrogens (primary N) is 1. The van der Waals surface area contributed by atoms with Gasteiger partial charge in [-0.2, -0.15) is 4.98 Å². The number of ether oxygens (including phenoxy) is 2. The van der Waals surface area contributed by atoms with Gasteiger partial charge in [0.1, 0.15) is 13.0 Å². The van der Waals surface area contributed by atoms with E-state index in [2.05, 4.69) is 15.0 Å². The number of anilines is 1. The number of nitrogens with zero attached hydrogens (tertiary/aromatic N) is 3. The predicted molar refractivity (Wildman–Crippen MR) is 119 cm³/mol. The fraction of sp³-hybridized carbons (Fsp3) is 0.400. The lowest BCUT2D eigenvalue weighted by Gasteiger charge is -2.17. The number of fused-ring (bicyclic) bond motifs is 1. The van der Waals surface area contributed by atoms with Crippen molar-refractivity contribution >= 4 is 31.3 Å². The van der Waals surface area contributed by atoms with Crippen molar-refractivity contribution in [2.45, 2.75) is 26.5 Å². The topological polar surface area (TPSA) is 144 Å². The number of carbonyl (C=O) groups is 1. The molecule has 0 radical (unpaired) electrons. The Hall–Kier alpha value is -2.92. The Balaban J connectivity index is 1.55. The fourth-order valence-corrected chi connectivity index (χ4v) is 3.82. The Bertz CT molecular complexity index is 1150. The zero-order valence-electron chi connectivity index (χ0n) is 18.2. The molecule has 2 aromatic heterocycles. The van der Waals surface area contributed by atoms with Crippen molar-refractivity contribution in [3.8, 4) is 5.75 Å². The van der Waals surface area contributed by atoms with Crippen molar-refractivity contribution in [3.63, 3.8) is 0 Å². The summed E-state index contributed by atoms with van der Waals surface area (Å²) >= 11 is 0. The smallest absolute Gasteiger partial charge is 0.280 e. The average Bonchev–Trinajstić information content (AvgIpc) is 3.20. The number of rotatable bonds is 13. The summed E-state index contributed by atoms with van der Waals surface area (Å²) in [5.74, 6) is -0.433.